The molecule has 0 atom stereocenters. The summed E-state index contributed by atoms with van der Waals surface area (Å²) in [4.78, 5) is 24.0. The maximum absolute atomic E-state index is 11.1. The normalized spacial score (nSPS) is 10.5. The highest BCUT2D eigenvalue weighted by Crippen LogP contribution is 2.20. The molecule has 0 radical (unpaired) electrons. The number of hydrogen-bond donors (Lipinski definition) is 1. The molecule has 5 nitrogen and oxygen atoms in total. The lowest BCUT2D eigenvalue weighted by atomic mass is 10.1. The molecule has 0 fully saturated rings. The standard InChI is InChI=1S/C14H15N3O2/c1-4-10-6-5-7-15-12(10)13-16-8(2)11(14(18)19)9(3)17-13/h5-7H,4H2,1-3H3,(H,18,19). The van der Waals surface area contributed by atoms with Gasteiger partial charge in [-0.05, 0) is 31.9 Å². The highest BCUT2D eigenvalue weighted by molar-refractivity contribution is 5.90. The molecule has 1 N–H and O–H groups in total. The van der Waals surface area contributed by atoms with Gasteiger partial charge in [-0.15, -0.1) is 0 Å². The Bertz CT molecular complexity index is 615. The van der Waals surface area contributed by atoms with Gasteiger partial charge in [-0.25, -0.2) is 14.8 Å². The van der Waals surface area contributed by atoms with E-state index in [0.29, 0.717) is 22.9 Å². The summed E-state index contributed by atoms with van der Waals surface area (Å²) in [6.07, 6.45) is 2.51. The minimum Gasteiger partial charge on any atom is -0.478 e. The number of aryl methyl sites for hydroxylation is 3. The number of aromatic carboxylic acids is 1. The lowest BCUT2D eigenvalue weighted by Crippen LogP contribution is -2.09. The lowest BCUT2D eigenvalue weighted by Gasteiger charge is -2.09. The van der Waals surface area contributed by atoms with E-state index in [2.05, 4.69) is 15.0 Å². The molecule has 0 unspecified atom stereocenters. The molecule has 5 heteroatoms. The second-order valence-corrected chi connectivity index (χ2v) is 4.26. The van der Waals surface area contributed by atoms with Gasteiger partial charge in [0.1, 0.15) is 11.3 Å². The molecule has 98 valence electrons. The largest absolute Gasteiger partial charge is 0.478 e. The van der Waals surface area contributed by atoms with E-state index in [0.717, 1.165) is 12.0 Å². The number of rotatable bonds is 3. The summed E-state index contributed by atoms with van der Waals surface area (Å²) in [5.41, 5.74) is 2.85. The van der Waals surface area contributed by atoms with E-state index in [-0.39, 0.29) is 5.56 Å². The van der Waals surface area contributed by atoms with Crippen LogP contribution >= 0.6 is 0 Å². The van der Waals surface area contributed by atoms with Crippen LogP contribution < -0.4 is 0 Å². The Hall–Kier alpha value is -2.30. The average Bonchev–Trinajstić information content (AvgIpc) is 2.37. The summed E-state index contributed by atoms with van der Waals surface area (Å²) in [5, 5.41) is 9.11. The first-order valence-electron chi connectivity index (χ1n) is 6.07. The highest BCUT2D eigenvalue weighted by atomic mass is 16.4. The third-order valence-electron chi connectivity index (χ3n) is 2.97. The van der Waals surface area contributed by atoms with E-state index in [1.807, 2.05) is 19.1 Å². The van der Waals surface area contributed by atoms with Crippen molar-refractivity contribution in [1.82, 2.24) is 15.0 Å². The average molecular weight is 257 g/mol. The second-order valence-electron chi connectivity index (χ2n) is 4.26. The van der Waals surface area contributed by atoms with Gasteiger partial charge < -0.3 is 5.11 Å². The topological polar surface area (TPSA) is 76.0 Å². The van der Waals surface area contributed by atoms with E-state index in [9.17, 15) is 4.79 Å². The van der Waals surface area contributed by atoms with Gasteiger partial charge in [0.25, 0.3) is 0 Å². The molecule has 2 aromatic rings. The molecule has 0 saturated carbocycles. The Morgan fingerprint density at radius 1 is 1.26 bits per heavy atom. The van der Waals surface area contributed by atoms with Gasteiger partial charge in [-0.2, -0.15) is 0 Å². The number of pyridine rings is 1. The first-order valence-corrected chi connectivity index (χ1v) is 6.07. The smallest absolute Gasteiger partial charge is 0.339 e. The molecular weight excluding hydrogens is 242 g/mol. The Morgan fingerprint density at radius 2 is 1.89 bits per heavy atom. The SMILES string of the molecule is CCc1cccnc1-c1nc(C)c(C(=O)O)c(C)n1. The fourth-order valence-electron chi connectivity index (χ4n) is 2.06. The summed E-state index contributed by atoms with van der Waals surface area (Å²) in [6.45, 7) is 5.39. The third kappa shape index (κ3) is 2.45. The van der Waals surface area contributed by atoms with Crippen LogP contribution in [0.2, 0.25) is 0 Å². The van der Waals surface area contributed by atoms with Crippen LogP contribution in [0.3, 0.4) is 0 Å². The number of aromatic nitrogens is 3. The second kappa shape index (κ2) is 5.14. The van der Waals surface area contributed by atoms with Crippen LogP contribution in [0.1, 0.15) is 34.2 Å². The summed E-state index contributed by atoms with van der Waals surface area (Å²) in [5.74, 6) is -0.518. The predicted octanol–water partition coefficient (Wildman–Crippen LogP) is 2.42. The molecular formula is C14H15N3O2. The minimum atomic E-state index is -1.00. The predicted molar refractivity (Wildman–Crippen MR) is 71.1 cm³/mol. The zero-order chi connectivity index (χ0) is 14.0. The summed E-state index contributed by atoms with van der Waals surface area (Å²) in [6, 6.07) is 3.84. The molecule has 0 aromatic carbocycles. The zero-order valence-corrected chi connectivity index (χ0v) is 11.1. The number of carboxylic acid groups (broad SMARTS) is 1. The van der Waals surface area contributed by atoms with Crippen molar-refractivity contribution in [2.75, 3.05) is 0 Å². The molecule has 0 spiro atoms. The molecule has 0 saturated heterocycles. The Kier molecular flexibility index (Phi) is 3.55. The summed E-state index contributed by atoms with van der Waals surface area (Å²) >= 11 is 0. The van der Waals surface area contributed by atoms with E-state index in [1.165, 1.54) is 0 Å². The number of hydrogen-bond acceptors (Lipinski definition) is 4. The van der Waals surface area contributed by atoms with Gasteiger partial charge in [0.15, 0.2) is 5.82 Å². The first-order chi connectivity index (χ1) is 9.04. The quantitative estimate of drug-likeness (QED) is 0.913. The number of nitrogens with zero attached hydrogens (tertiary/aromatic N) is 3. The molecule has 0 aliphatic carbocycles. The van der Waals surface area contributed by atoms with Gasteiger partial charge in [0, 0.05) is 6.20 Å². The molecule has 0 aliphatic heterocycles. The highest BCUT2D eigenvalue weighted by Gasteiger charge is 2.17. The van der Waals surface area contributed by atoms with Gasteiger partial charge >= 0.3 is 5.97 Å². The molecule has 2 aromatic heterocycles. The van der Waals surface area contributed by atoms with Crippen LogP contribution in [0.25, 0.3) is 11.5 Å². The van der Waals surface area contributed by atoms with Crippen LogP contribution in [-0.4, -0.2) is 26.0 Å². The maximum Gasteiger partial charge on any atom is 0.339 e. The van der Waals surface area contributed by atoms with Gasteiger partial charge in [0.05, 0.1) is 11.4 Å². The van der Waals surface area contributed by atoms with Crippen molar-refractivity contribution < 1.29 is 9.90 Å². The molecule has 2 rings (SSSR count). The van der Waals surface area contributed by atoms with Crippen LogP contribution in [0.4, 0.5) is 0 Å². The zero-order valence-electron chi connectivity index (χ0n) is 11.1. The monoisotopic (exact) mass is 257 g/mol. The fourth-order valence-corrected chi connectivity index (χ4v) is 2.06. The van der Waals surface area contributed by atoms with Crippen molar-refractivity contribution in [1.29, 1.82) is 0 Å². The first kappa shape index (κ1) is 13.1. The van der Waals surface area contributed by atoms with Crippen molar-refractivity contribution in [3.8, 4) is 11.5 Å². The van der Waals surface area contributed by atoms with Crippen molar-refractivity contribution in [3.63, 3.8) is 0 Å². The Morgan fingerprint density at radius 3 is 2.42 bits per heavy atom. The van der Waals surface area contributed by atoms with Crippen LogP contribution in [0.15, 0.2) is 18.3 Å². The van der Waals surface area contributed by atoms with Crippen molar-refractivity contribution >= 4 is 5.97 Å². The van der Waals surface area contributed by atoms with Crippen LogP contribution in [-0.2, 0) is 6.42 Å². The number of carboxylic acids is 1. The molecule has 0 aliphatic rings. The van der Waals surface area contributed by atoms with Crippen molar-refractivity contribution in [2.45, 2.75) is 27.2 Å². The van der Waals surface area contributed by atoms with Crippen molar-refractivity contribution in [3.05, 3.63) is 40.8 Å². The summed E-state index contributed by atoms with van der Waals surface area (Å²) in [7, 11) is 0. The molecule has 0 amide bonds. The van der Waals surface area contributed by atoms with E-state index in [4.69, 9.17) is 5.11 Å². The maximum atomic E-state index is 11.1. The third-order valence-corrected chi connectivity index (χ3v) is 2.97. The Labute approximate surface area is 111 Å². The van der Waals surface area contributed by atoms with Gasteiger partial charge in [-0.3, -0.25) is 4.98 Å². The van der Waals surface area contributed by atoms with Crippen LogP contribution in [0, 0.1) is 13.8 Å². The molecule has 19 heavy (non-hydrogen) atoms. The lowest BCUT2D eigenvalue weighted by molar-refractivity contribution is 0.0694. The molecule has 0 bridgehead atoms. The minimum absolute atomic E-state index is 0.165. The number of carbonyl (C=O) groups is 1. The van der Waals surface area contributed by atoms with Gasteiger partial charge in [-0.1, -0.05) is 13.0 Å². The van der Waals surface area contributed by atoms with E-state index < -0.39 is 5.97 Å². The van der Waals surface area contributed by atoms with E-state index in [1.54, 1.807) is 20.0 Å². The Balaban J connectivity index is 2.62. The van der Waals surface area contributed by atoms with Crippen molar-refractivity contribution in [2.24, 2.45) is 0 Å². The van der Waals surface area contributed by atoms with E-state index >= 15 is 0 Å². The molecule has 2 heterocycles. The summed E-state index contributed by atoms with van der Waals surface area (Å²) < 4.78 is 0. The fraction of sp³-hybridized carbons (Fsp3) is 0.286. The van der Waals surface area contributed by atoms with Crippen LogP contribution in [0.5, 0.6) is 0 Å². The van der Waals surface area contributed by atoms with Gasteiger partial charge in [0.2, 0.25) is 0 Å².